The van der Waals surface area contributed by atoms with Gasteiger partial charge in [-0.3, -0.25) is 0 Å². The lowest BCUT2D eigenvalue weighted by Gasteiger charge is -2.44. The van der Waals surface area contributed by atoms with Crippen LogP contribution in [0, 0.1) is 0 Å². The Hall–Kier alpha value is -0.180. The van der Waals surface area contributed by atoms with Gasteiger partial charge in [0.05, 0.1) is 34.0 Å². The monoisotopic (exact) mass is 150 g/mol. The molecule has 0 unspecified atom stereocenters. The van der Waals surface area contributed by atoms with E-state index >= 15 is 0 Å². The smallest absolute Gasteiger partial charge is 0.259 e. The van der Waals surface area contributed by atoms with Gasteiger partial charge in [0.25, 0.3) is 5.92 Å². The Morgan fingerprint density at radius 1 is 1.20 bits per heavy atom. The van der Waals surface area contributed by atoms with Crippen molar-refractivity contribution < 1.29 is 13.3 Å². The summed E-state index contributed by atoms with van der Waals surface area (Å²) < 4.78 is 25.3. The molecule has 0 bridgehead atoms. The molecular weight excluding hydrogens is 136 g/mol. The van der Waals surface area contributed by atoms with Crippen molar-refractivity contribution in [1.29, 1.82) is 0 Å². The topological polar surface area (TPSA) is 0 Å². The van der Waals surface area contributed by atoms with E-state index in [1.54, 1.807) is 0 Å². The van der Waals surface area contributed by atoms with Gasteiger partial charge in [-0.05, 0) is 0 Å². The maximum Gasteiger partial charge on any atom is 0.259 e. The van der Waals surface area contributed by atoms with Crippen molar-refractivity contribution in [1.82, 2.24) is 0 Å². The van der Waals surface area contributed by atoms with Gasteiger partial charge in [-0.2, -0.15) is 0 Å². The minimum Gasteiger partial charge on any atom is -0.328 e. The molecule has 1 aliphatic carbocycles. The number of alkyl halides is 2. The molecular formula is C7H14F2N+. The van der Waals surface area contributed by atoms with E-state index in [1.165, 1.54) is 0 Å². The number of quaternary nitrogens is 1. The summed E-state index contributed by atoms with van der Waals surface area (Å²) in [6.45, 7) is 0. The maximum absolute atomic E-state index is 12.3. The molecule has 3 heteroatoms. The summed E-state index contributed by atoms with van der Waals surface area (Å²) >= 11 is 0. The molecule has 1 fully saturated rings. The van der Waals surface area contributed by atoms with Crippen molar-refractivity contribution in [3.63, 3.8) is 0 Å². The summed E-state index contributed by atoms with van der Waals surface area (Å²) in [5, 5.41) is 0. The van der Waals surface area contributed by atoms with Gasteiger partial charge >= 0.3 is 0 Å². The van der Waals surface area contributed by atoms with Crippen LogP contribution in [0.5, 0.6) is 0 Å². The normalized spacial score (nSPS) is 26.1. The number of rotatable bonds is 1. The van der Waals surface area contributed by atoms with E-state index in [2.05, 4.69) is 0 Å². The van der Waals surface area contributed by atoms with Crippen LogP contribution in [-0.4, -0.2) is 37.6 Å². The molecule has 0 amide bonds. The highest BCUT2D eigenvalue weighted by Gasteiger charge is 2.51. The second-order valence-corrected chi connectivity index (χ2v) is 4.03. The van der Waals surface area contributed by atoms with Gasteiger partial charge in [-0.25, -0.2) is 8.78 Å². The van der Waals surface area contributed by atoms with Crippen LogP contribution in [0.2, 0.25) is 0 Å². The lowest BCUT2D eigenvalue weighted by Crippen LogP contribution is -2.56. The van der Waals surface area contributed by atoms with E-state index in [0.29, 0.717) is 4.48 Å². The summed E-state index contributed by atoms with van der Waals surface area (Å²) in [6.07, 6.45) is 0.132. The third kappa shape index (κ3) is 1.45. The molecule has 0 aromatic rings. The van der Waals surface area contributed by atoms with Crippen LogP contribution in [-0.2, 0) is 0 Å². The Kier molecular flexibility index (Phi) is 1.51. The zero-order valence-corrected chi connectivity index (χ0v) is 6.69. The Morgan fingerprint density at radius 2 is 1.60 bits per heavy atom. The SMILES string of the molecule is C[N+](C)(C)C1CC(F)(F)C1. The van der Waals surface area contributed by atoms with E-state index in [-0.39, 0.29) is 18.9 Å². The van der Waals surface area contributed by atoms with Crippen molar-refractivity contribution in [2.24, 2.45) is 0 Å². The van der Waals surface area contributed by atoms with E-state index in [4.69, 9.17) is 0 Å². The third-order valence-corrected chi connectivity index (χ3v) is 2.16. The molecule has 1 nitrogen and oxygen atoms in total. The predicted octanol–water partition coefficient (Wildman–Crippen LogP) is 1.49. The minimum absolute atomic E-state index is 0.0660. The predicted molar refractivity (Wildman–Crippen MR) is 36.0 cm³/mol. The minimum atomic E-state index is -2.36. The molecule has 0 atom stereocenters. The fourth-order valence-electron chi connectivity index (χ4n) is 1.18. The summed E-state index contributed by atoms with van der Waals surface area (Å²) in [4.78, 5) is 0. The highest BCUT2D eigenvalue weighted by molar-refractivity contribution is 4.86. The molecule has 0 aromatic carbocycles. The van der Waals surface area contributed by atoms with Crippen LogP contribution in [0.4, 0.5) is 8.78 Å². The van der Waals surface area contributed by atoms with Crippen molar-refractivity contribution in [3.05, 3.63) is 0 Å². The van der Waals surface area contributed by atoms with Gasteiger partial charge in [-0.1, -0.05) is 0 Å². The van der Waals surface area contributed by atoms with Gasteiger partial charge in [0.1, 0.15) is 6.04 Å². The van der Waals surface area contributed by atoms with Crippen molar-refractivity contribution in [2.75, 3.05) is 21.1 Å². The fraction of sp³-hybridized carbons (Fsp3) is 1.00. The molecule has 1 aliphatic rings. The van der Waals surface area contributed by atoms with Crippen molar-refractivity contribution in [3.8, 4) is 0 Å². The lowest BCUT2D eigenvalue weighted by molar-refractivity contribution is -0.905. The first kappa shape index (κ1) is 7.92. The summed E-state index contributed by atoms with van der Waals surface area (Å²) in [5.41, 5.74) is 0. The first-order chi connectivity index (χ1) is 4.31. The van der Waals surface area contributed by atoms with Gasteiger partial charge < -0.3 is 4.48 Å². The van der Waals surface area contributed by atoms with Crippen LogP contribution in [0.25, 0.3) is 0 Å². The van der Waals surface area contributed by atoms with Crippen LogP contribution in [0.1, 0.15) is 12.8 Å². The number of hydrogen-bond acceptors (Lipinski definition) is 0. The first-order valence-electron chi connectivity index (χ1n) is 3.50. The third-order valence-electron chi connectivity index (χ3n) is 2.16. The average Bonchev–Trinajstić information content (AvgIpc) is 1.56. The maximum atomic E-state index is 12.3. The Labute approximate surface area is 60.2 Å². The lowest BCUT2D eigenvalue weighted by atomic mass is 9.86. The molecule has 1 saturated carbocycles. The van der Waals surface area contributed by atoms with Gasteiger partial charge in [-0.15, -0.1) is 0 Å². The molecule has 10 heavy (non-hydrogen) atoms. The molecule has 0 radical (unpaired) electrons. The molecule has 0 saturated heterocycles. The molecule has 1 rings (SSSR count). The van der Waals surface area contributed by atoms with Crippen molar-refractivity contribution in [2.45, 2.75) is 24.8 Å². The zero-order chi connectivity index (χ0) is 7.99. The molecule has 0 aromatic heterocycles. The van der Waals surface area contributed by atoms with E-state index in [0.717, 1.165) is 0 Å². The number of nitrogens with zero attached hydrogens (tertiary/aromatic N) is 1. The second-order valence-electron chi connectivity index (χ2n) is 4.03. The summed E-state index contributed by atoms with van der Waals surface area (Å²) in [7, 11) is 5.87. The van der Waals surface area contributed by atoms with E-state index in [9.17, 15) is 8.78 Å². The molecule has 60 valence electrons. The summed E-state index contributed by atoms with van der Waals surface area (Å²) in [5.74, 6) is -2.36. The van der Waals surface area contributed by atoms with Crippen LogP contribution < -0.4 is 0 Å². The van der Waals surface area contributed by atoms with E-state index < -0.39 is 5.92 Å². The Bertz CT molecular complexity index is 129. The van der Waals surface area contributed by atoms with E-state index in [1.807, 2.05) is 21.1 Å². The second kappa shape index (κ2) is 1.91. The molecule has 0 N–H and O–H groups in total. The first-order valence-corrected chi connectivity index (χ1v) is 3.50. The standard InChI is InChI=1S/C7H14F2N/c1-10(2,3)6-4-7(8,9)5-6/h6H,4-5H2,1-3H3/q+1. The summed E-state index contributed by atoms with van der Waals surface area (Å²) in [6, 6.07) is 0.162. The average molecular weight is 150 g/mol. The molecule has 0 aliphatic heterocycles. The Morgan fingerprint density at radius 3 is 1.70 bits per heavy atom. The van der Waals surface area contributed by atoms with Crippen LogP contribution in [0.3, 0.4) is 0 Å². The van der Waals surface area contributed by atoms with Gasteiger partial charge in [0.2, 0.25) is 0 Å². The number of halogens is 2. The Balaban J connectivity index is 2.40. The van der Waals surface area contributed by atoms with Crippen molar-refractivity contribution >= 4 is 0 Å². The van der Waals surface area contributed by atoms with Crippen LogP contribution >= 0.6 is 0 Å². The molecule has 0 heterocycles. The zero-order valence-electron chi connectivity index (χ0n) is 6.69. The number of hydrogen-bond donors (Lipinski definition) is 0. The highest BCUT2D eigenvalue weighted by Crippen LogP contribution is 2.41. The molecule has 0 spiro atoms. The van der Waals surface area contributed by atoms with Crippen LogP contribution in [0.15, 0.2) is 0 Å². The van der Waals surface area contributed by atoms with Gasteiger partial charge in [0, 0.05) is 0 Å². The quantitative estimate of drug-likeness (QED) is 0.497. The fourth-order valence-corrected chi connectivity index (χ4v) is 1.18. The van der Waals surface area contributed by atoms with Gasteiger partial charge in [0.15, 0.2) is 0 Å². The highest BCUT2D eigenvalue weighted by atomic mass is 19.3. The largest absolute Gasteiger partial charge is 0.328 e.